The maximum absolute atomic E-state index is 3.60. The van der Waals surface area contributed by atoms with Crippen molar-refractivity contribution in [1.82, 2.24) is 5.32 Å². The summed E-state index contributed by atoms with van der Waals surface area (Å²) in [5.74, 6) is 0. The predicted octanol–water partition coefficient (Wildman–Crippen LogP) is 5.47. The van der Waals surface area contributed by atoms with Crippen LogP contribution in [-0.2, 0) is 6.54 Å². The van der Waals surface area contributed by atoms with Crippen LogP contribution in [-0.4, -0.2) is 6.54 Å². The van der Waals surface area contributed by atoms with E-state index in [-0.39, 0.29) is 0 Å². The second-order valence-corrected chi connectivity index (χ2v) is 6.92. The summed E-state index contributed by atoms with van der Waals surface area (Å²) in [7, 11) is 0. The van der Waals surface area contributed by atoms with Crippen LogP contribution >= 0.6 is 43.6 Å². The van der Waals surface area contributed by atoms with Gasteiger partial charge in [-0.3, -0.25) is 0 Å². The Morgan fingerprint density at radius 3 is 2.58 bits per heavy atom. The third-order valence-corrected chi connectivity index (χ3v) is 5.29. The smallest absolute Gasteiger partial charge is 0.0314 e. The number of hydrogen-bond acceptors (Lipinski definition) is 2. The van der Waals surface area contributed by atoms with Crippen molar-refractivity contribution in [2.75, 3.05) is 6.54 Å². The summed E-state index contributed by atoms with van der Waals surface area (Å²) in [6, 6.07) is 14.8. The van der Waals surface area contributed by atoms with Crippen molar-refractivity contribution < 1.29 is 0 Å². The van der Waals surface area contributed by atoms with Crippen molar-refractivity contribution in [3.8, 4) is 0 Å². The fourth-order valence-electron chi connectivity index (χ4n) is 1.69. The van der Waals surface area contributed by atoms with Crippen molar-refractivity contribution >= 4 is 43.6 Å². The Bertz CT molecular complexity index is 558. The summed E-state index contributed by atoms with van der Waals surface area (Å²) < 4.78 is 2.26. The molecule has 1 nitrogen and oxygen atoms in total. The second kappa shape index (κ2) is 7.48. The lowest BCUT2D eigenvalue weighted by Gasteiger charge is -2.11. The Hall–Kier alpha value is -0.290. The summed E-state index contributed by atoms with van der Waals surface area (Å²) in [5, 5.41) is 3.39. The van der Waals surface area contributed by atoms with Gasteiger partial charge in [0, 0.05) is 25.3 Å². The molecule has 0 fully saturated rings. The van der Waals surface area contributed by atoms with E-state index < -0.39 is 0 Å². The Labute approximate surface area is 135 Å². The van der Waals surface area contributed by atoms with Crippen molar-refractivity contribution in [1.29, 1.82) is 0 Å². The summed E-state index contributed by atoms with van der Waals surface area (Å²) in [6.45, 7) is 3.99. The predicted molar refractivity (Wildman–Crippen MR) is 89.8 cm³/mol. The van der Waals surface area contributed by atoms with Crippen LogP contribution < -0.4 is 5.32 Å². The molecule has 4 heteroatoms. The van der Waals surface area contributed by atoms with Crippen molar-refractivity contribution in [3.05, 3.63) is 57.0 Å². The van der Waals surface area contributed by atoms with Gasteiger partial charge in [0.2, 0.25) is 0 Å². The fourth-order valence-corrected chi connectivity index (χ4v) is 3.57. The van der Waals surface area contributed by atoms with Crippen LogP contribution in [0.5, 0.6) is 0 Å². The van der Waals surface area contributed by atoms with Crippen molar-refractivity contribution in [3.63, 3.8) is 0 Å². The highest BCUT2D eigenvalue weighted by Crippen LogP contribution is 2.36. The average Bonchev–Trinajstić information content (AvgIpc) is 2.41. The van der Waals surface area contributed by atoms with Crippen LogP contribution in [0.2, 0.25) is 0 Å². The number of benzene rings is 2. The average molecular weight is 401 g/mol. The highest BCUT2D eigenvalue weighted by molar-refractivity contribution is 9.10. The fraction of sp³-hybridized carbons (Fsp3) is 0.200. The molecule has 0 aliphatic rings. The maximum Gasteiger partial charge on any atom is 0.0314 e. The molecule has 2 rings (SSSR count). The van der Waals surface area contributed by atoms with E-state index >= 15 is 0 Å². The molecule has 0 spiro atoms. The Balaban J connectivity index is 2.26. The molecular formula is C15H15Br2NS. The molecule has 100 valence electrons. The highest BCUT2D eigenvalue weighted by Gasteiger charge is 2.07. The first kappa shape index (κ1) is 15.1. The quantitative estimate of drug-likeness (QED) is 0.713. The van der Waals surface area contributed by atoms with E-state index in [2.05, 4.69) is 80.5 Å². The zero-order chi connectivity index (χ0) is 13.7. The second-order valence-electron chi connectivity index (χ2n) is 4.06. The van der Waals surface area contributed by atoms with Crippen LogP contribution in [0.15, 0.2) is 61.2 Å². The molecule has 0 saturated carbocycles. The van der Waals surface area contributed by atoms with Gasteiger partial charge in [-0.2, -0.15) is 0 Å². The topological polar surface area (TPSA) is 12.0 Å². The van der Waals surface area contributed by atoms with Gasteiger partial charge in [0.15, 0.2) is 0 Å². The molecule has 0 bridgehead atoms. The number of hydrogen-bond donors (Lipinski definition) is 1. The summed E-state index contributed by atoms with van der Waals surface area (Å²) in [4.78, 5) is 2.53. The molecule has 0 saturated heterocycles. The number of rotatable bonds is 5. The van der Waals surface area contributed by atoms with E-state index in [1.54, 1.807) is 11.8 Å². The third-order valence-electron chi connectivity index (χ3n) is 2.64. The molecule has 2 aromatic carbocycles. The molecular weight excluding hydrogens is 386 g/mol. The van der Waals surface area contributed by atoms with E-state index in [1.807, 2.05) is 6.07 Å². The van der Waals surface area contributed by atoms with Crippen LogP contribution in [0, 0.1) is 0 Å². The van der Waals surface area contributed by atoms with Crippen LogP contribution in [0.25, 0.3) is 0 Å². The van der Waals surface area contributed by atoms with Gasteiger partial charge in [-0.1, -0.05) is 46.7 Å². The maximum atomic E-state index is 3.60. The standard InChI is InChI=1S/C15H15Br2NS/c1-2-18-10-11-9-12(16)7-8-14(11)19-15-6-4-3-5-13(15)17/h3-9,18H,2,10H2,1H3. The number of nitrogens with one attached hydrogen (secondary N) is 1. The Morgan fingerprint density at radius 1 is 1.05 bits per heavy atom. The largest absolute Gasteiger partial charge is 0.313 e. The first-order valence-electron chi connectivity index (χ1n) is 6.12. The summed E-state index contributed by atoms with van der Waals surface area (Å²) >= 11 is 8.93. The lowest BCUT2D eigenvalue weighted by atomic mass is 10.2. The molecule has 0 aromatic heterocycles. The van der Waals surface area contributed by atoms with Crippen molar-refractivity contribution in [2.45, 2.75) is 23.3 Å². The molecule has 0 amide bonds. The molecule has 19 heavy (non-hydrogen) atoms. The summed E-state index contributed by atoms with van der Waals surface area (Å²) in [6.07, 6.45) is 0. The van der Waals surface area contributed by atoms with Gasteiger partial charge in [0.1, 0.15) is 0 Å². The molecule has 0 unspecified atom stereocenters. The van der Waals surface area contributed by atoms with E-state index in [1.165, 1.54) is 15.4 Å². The molecule has 0 aliphatic carbocycles. The van der Waals surface area contributed by atoms with Crippen LogP contribution in [0.4, 0.5) is 0 Å². The van der Waals surface area contributed by atoms with E-state index in [4.69, 9.17) is 0 Å². The number of halogens is 2. The Kier molecular flexibility index (Phi) is 5.95. The molecule has 0 aliphatic heterocycles. The van der Waals surface area contributed by atoms with Gasteiger partial charge in [0.25, 0.3) is 0 Å². The van der Waals surface area contributed by atoms with Gasteiger partial charge < -0.3 is 5.32 Å². The lowest BCUT2D eigenvalue weighted by molar-refractivity contribution is 0.717. The lowest BCUT2D eigenvalue weighted by Crippen LogP contribution is -2.12. The molecule has 1 N–H and O–H groups in total. The zero-order valence-corrected chi connectivity index (χ0v) is 14.6. The zero-order valence-electron chi connectivity index (χ0n) is 10.6. The van der Waals surface area contributed by atoms with Gasteiger partial charge in [0.05, 0.1) is 0 Å². The van der Waals surface area contributed by atoms with E-state index in [0.717, 1.165) is 22.0 Å². The first-order chi connectivity index (χ1) is 9.20. The first-order valence-corrected chi connectivity index (χ1v) is 8.52. The van der Waals surface area contributed by atoms with Crippen molar-refractivity contribution in [2.24, 2.45) is 0 Å². The van der Waals surface area contributed by atoms with E-state index in [0.29, 0.717) is 0 Å². The molecule has 0 atom stereocenters. The van der Waals surface area contributed by atoms with E-state index in [9.17, 15) is 0 Å². The molecule has 0 heterocycles. The Morgan fingerprint density at radius 2 is 1.84 bits per heavy atom. The highest BCUT2D eigenvalue weighted by atomic mass is 79.9. The third kappa shape index (κ3) is 4.35. The van der Waals surface area contributed by atoms with Gasteiger partial charge >= 0.3 is 0 Å². The normalized spacial score (nSPS) is 10.7. The minimum atomic E-state index is 0.892. The molecule has 0 radical (unpaired) electrons. The molecule has 2 aromatic rings. The monoisotopic (exact) mass is 399 g/mol. The van der Waals surface area contributed by atoms with Crippen LogP contribution in [0.3, 0.4) is 0 Å². The summed E-state index contributed by atoms with van der Waals surface area (Å²) in [5.41, 5.74) is 1.32. The minimum absolute atomic E-state index is 0.892. The van der Waals surface area contributed by atoms with Crippen LogP contribution in [0.1, 0.15) is 12.5 Å². The van der Waals surface area contributed by atoms with Gasteiger partial charge in [-0.05, 0) is 58.4 Å². The van der Waals surface area contributed by atoms with Gasteiger partial charge in [-0.15, -0.1) is 0 Å². The SMILES string of the molecule is CCNCc1cc(Br)ccc1Sc1ccccc1Br. The van der Waals surface area contributed by atoms with Gasteiger partial charge in [-0.25, -0.2) is 0 Å². The minimum Gasteiger partial charge on any atom is -0.313 e.